The minimum Gasteiger partial charge on any atom is -0.353 e. The van der Waals surface area contributed by atoms with E-state index in [0.717, 1.165) is 29.4 Å². The van der Waals surface area contributed by atoms with Crippen LogP contribution in [0.4, 0.5) is 5.82 Å². The maximum absolute atomic E-state index is 5.07. The molecule has 1 unspecified atom stereocenters. The van der Waals surface area contributed by atoms with E-state index in [2.05, 4.69) is 56.0 Å². The van der Waals surface area contributed by atoms with Crippen molar-refractivity contribution < 1.29 is 0 Å². The number of nitrogens with zero attached hydrogens (tertiary/aromatic N) is 3. The van der Waals surface area contributed by atoms with E-state index in [1.165, 1.54) is 40.7 Å². The van der Waals surface area contributed by atoms with E-state index in [4.69, 9.17) is 9.97 Å². The quantitative estimate of drug-likeness (QED) is 0.643. The van der Waals surface area contributed by atoms with E-state index in [9.17, 15) is 0 Å². The average molecular weight is 352 g/mol. The average Bonchev–Trinajstić information content (AvgIpc) is 2.90. The number of fused-ring (bicyclic) bond motifs is 1. The van der Waals surface area contributed by atoms with Gasteiger partial charge in [0.15, 0.2) is 0 Å². The maximum Gasteiger partial charge on any atom is 0.141 e. The highest BCUT2D eigenvalue weighted by molar-refractivity contribution is 7.18. The summed E-state index contributed by atoms with van der Waals surface area (Å²) in [6.07, 6.45) is 4.63. The zero-order chi connectivity index (χ0) is 17.4. The zero-order valence-corrected chi connectivity index (χ0v) is 16.1. The Morgan fingerprint density at radius 3 is 2.68 bits per heavy atom. The van der Waals surface area contributed by atoms with E-state index < -0.39 is 0 Å². The Bertz CT molecular complexity index is 885. The van der Waals surface area contributed by atoms with Crippen LogP contribution in [0.5, 0.6) is 0 Å². The molecule has 0 aliphatic carbocycles. The highest BCUT2D eigenvalue weighted by Gasteiger charge is 2.24. The van der Waals surface area contributed by atoms with Crippen molar-refractivity contribution in [3.63, 3.8) is 0 Å². The lowest BCUT2D eigenvalue weighted by Gasteiger charge is -2.35. The van der Waals surface area contributed by atoms with Crippen molar-refractivity contribution >= 4 is 27.4 Å². The predicted molar refractivity (Wildman–Crippen MR) is 107 cm³/mol. The van der Waals surface area contributed by atoms with Crippen LogP contribution in [0.1, 0.15) is 48.0 Å². The van der Waals surface area contributed by atoms with Gasteiger partial charge in [0.2, 0.25) is 0 Å². The molecule has 0 saturated carbocycles. The molecule has 2 aromatic heterocycles. The second kappa shape index (κ2) is 6.75. The van der Waals surface area contributed by atoms with Gasteiger partial charge in [-0.3, -0.25) is 0 Å². The molecule has 1 aromatic carbocycles. The van der Waals surface area contributed by atoms with Crippen LogP contribution >= 0.6 is 11.3 Å². The van der Waals surface area contributed by atoms with Gasteiger partial charge in [-0.1, -0.05) is 30.3 Å². The summed E-state index contributed by atoms with van der Waals surface area (Å²) in [4.78, 5) is 15.0. The van der Waals surface area contributed by atoms with Gasteiger partial charge in [0, 0.05) is 23.9 Å². The first-order valence-electron chi connectivity index (χ1n) is 9.20. The van der Waals surface area contributed by atoms with Gasteiger partial charge < -0.3 is 4.90 Å². The standard InChI is InChI=1S/C21H25N3S/c1-14-9-7-8-12-24(14)20-19-15(2)16(3)25-21(19)23-18(22-20)13-17-10-5-4-6-11-17/h4-6,10-11,14H,7-9,12-13H2,1-3H3. The lowest BCUT2D eigenvalue weighted by atomic mass is 10.0. The largest absolute Gasteiger partial charge is 0.353 e. The summed E-state index contributed by atoms with van der Waals surface area (Å²) in [7, 11) is 0. The first kappa shape index (κ1) is 16.5. The minimum absolute atomic E-state index is 0.552. The van der Waals surface area contributed by atoms with Crippen molar-refractivity contribution in [2.75, 3.05) is 11.4 Å². The van der Waals surface area contributed by atoms with Gasteiger partial charge in [0.05, 0.1) is 5.39 Å². The fourth-order valence-corrected chi connectivity index (χ4v) is 4.79. The minimum atomic E-state index is 0.552. The first-order valence-corrected chi connectivity index (χ1v) is 10.0. The Morgan fingerprint density at radius 1 is 1.12 bits per heavy atom. The molecule has 0 N–H and O–H groups in total. The van der Waals surface area contributed by atoms with Crippen molar-refractivity contribution in [1.82, 2.24) is 9.97 Å². The molecule has 3 heterocycles. The maximum atomic E-state index is 5.07. The molecule has 130 valence electrons. The number of thiophene rings is 1. The van der Waals surface area contributed by atoms with Crippen LogP contribution < -0.4 is 4.90 Å². The molecule has 0 bridgehead atoms. The van der Waals surface area contributed by atoms with Crippen LogP contribution in [0.2, 0.25) is 0 Å². The lowest BCUT2D eigenvalue weighted by Crippen LogP contribution is -2.38. The van der Waals surface area contributed by atoms with Gasteiger partial charge in [0.1, 0.15) is 16.5 Å². The lowest BCUT2D eigenvalue weighted by molar-refractivity contribution is 0.482. The molecule has 1 atom stereocenters. The fourth-order valence-electron chi connectivity index (χ4n) is 3.75. The summed E-state index contributed by atoms with van der Waals surface area (Å²) in [5.41, 5.74) is 2.61. The Morgan fingerprint density at radius 2 is 1.92 bits per heavy atom. The monoisotopic (exact) mass is 351 g/mol. The van der Waals surface area contributed by atoms with Gasteiger partial charge in [-0.2, -0.15) is 0 Å². The summed E-state index contributed by atoms with van der Waals surface area (Å²) in [5, 5.41) is 1.27. The molecule has 1 aliphatic heterocycles. The molecule has 1 saturated heterocycles. The number of piperidine rings is 1. The smallest absolute Gasteiger partial charge is 0.141 e. The summed E-state index contributed by atoms with van der Waals surface area (Å²) < 4.78 is 0. The van der Waals surface area contributed by atoms with Crippen LogP contribution in [-0.2, 0) is 6.42 Å². The third-order valence-corrected chi connectivity index (χ3v) is 6.44. The van der Waals surface area contributed by atoms with Crippen molar-refractivity contribution in [1.29, 1.82) is 0 Å². The summed E-state index contributed by atoms with van der Waals surface area (Å²) in [6.45, 7) is 7.85. The van der Waals surface area contributed by atoms with Gasteiger partial charge >= 0.3 is 0 Å². The van der Waals surface area contributed by atoms with Crippen molar-refractivity contribution in [3.8, 4) is 0 Å². The highest BCUT2D eigenvalue weighted by atomic mass is 32.1. The number of aryl methyl sites for hydroxylation is 2. The Balaban J connectivity index is 1.83. The van der Waals surface area contributed by atoms with E-state index in [1.54, 1.807) is 11.3 Å². The summed E-state index contributed by atoms with van der Waals surface area (Å²) in [5.74, 6) is 2.10. The van der Waals surface area contributed by atoms with Gasteiger partial charge in [0.25, 0.3) is 0 Å². The molecule has 3 nitrogen and oxygen atoms in total. The third kappa shape index (κ3) is 3.15. The summed E-state index contributed by atoms with van der Waals surface area (Å²) >= 11 is 1.81. The van der Waals surface area contributed by atoms with Crippen molar-refractivity contribution in [2.24, 2.45) is 0 Å². The molecular formula is C21H25N3S. The van der Waals surface area contributed by atoms with Crippen LogP contribution in [0.25, 0.3) is 10.2 Å². The van der Waals surface area contributed by atoms with Gasteiger partial charge in [-0.05, 0) is 51.2 Å². The Kier molecular flexibility index (Phi) is 4.46. The van der Waals surface area contributed by atoms with Gasteiger partial charge in [-0.15, -0.1) is 11.3 Å². The van der Waals surface area contributed by atoms with E-state index in [0.29, 0.717) is 6.04 Å². The van der Waals surface area contributed by atoms with Crippen molar-refractivity contribution in [3.05, 3.63) is 52.2 Å². The van der Waals surface area contributed by atoms with Gasteiger partial charge in [-0.25, -0.2) is 9.97 Å². The van der Waals surface area contributed by atoms with E-state index in [-0.39, 0.29) is 0 Å². The van der Waals surface area contributed by atoms with E-state index in [1.807, 2.05) is 0 Å². The molecule has 0 spiro atoms. The molecule has 4 rings (SSSR count). The molecule has 4 heteroatoms. The number of anilines is 1. The number of benzene rings is 1. The topological polar surface area (TPSA) is 29.0 Å². The molecule has 1 fully saturated rings. The first-order chi connectivity index (χ1) is 12.1. The Labute approximate surface area is 153 Å². The molecule has 0 radical (unpaired) electrons. The third-order valence-electron chi connectivity index (χ3n) is 5.34. The zero-order valence-electron chi connectivity index (χ0n) is 15.2. The number of hydrogen-bond acceptors (Lipinski definition) is 4. The number of aromatic nitrogens is 2. The molecule has 25 heavy (non-hydrogen) atoms. The Hall–Kier alpha value is -1.94. The summed E-state index contributed by atoms with van der Waals surface area (Å²) in [6, 6.07) is 11.1. The predicted octanol–water partition coefficient (Wildman–Crippen LogP) is 5.28. The second-order valence-electron chi connectivity index (χ2n) is 7.13. The molecular weight excluding hydrogens is 326 g/mol. The van der Waals surface area contributed by atoms with E-state index >= 15 is 0 Å². The molecule has 1 aliphatic rings. The fraction of sp³-hybridized carbons (Fsp3) is 0.429. The van der Waals surface area contributed by atoms with Crippen LogP contribution in [0, 0.1) is 13.8 Å². The van der Waals surface area contributed by atoms with Crippen molar-refractivity contribution in [2.45, 2.75) is 52.5 Å². The van der Waals surface area contributed by atoms with Crippen LogP contribution in [0.15, 0.2) is 30.3 Å². The molecule has 0 amide bonds. The number of hydrogen-bond donors (Lipinski definition) is 0. The normalized spacial score (nSPS) is 18.0. The SMILES string of the molecule is Cc1sc2nc(Cc3ccccc3)nc(N3CCCCC3C)c2c1C. The van der Waals surface area contributed by atoms with Crippen LogP contribution in [0.3, 0.4) is 0 Å². The number of rotatable bonds is 3. The highest BCUT2D eigenvalue weighted by Crippen LogP contribution is 2.37. The molecule has 3 aromatic rings. The van der Waals surface area contributed by atoms with Crippen LogP contribution in [-0.4, -0.2) is 22.6 Å². The second-order valence-corrected chi connectivity index (χ2v) is 8.33.